The molecule has 0 saturated carbocycles. The number of thiophene rings is 1. The number of benzene rings is 1. The molecule has 7 heteroatoms. The van der Waals surface area contributed by atoms with E-state index in [1.807, 2.05) is 25.3 Å². The van der Waals surface area contributed by atoms with Gasteiger partial charge in [-0.15, -0.1) is 16.4 Å². The minimum atomic E-state index is -0.211. The number of aryl methyl sites for hydroxylation is 3. The minimum Gasteiger partial charge on any atom is -0.276 e. The third-order valence-corrected chi connectivity index (χ3v) is 6.03. The van der Waals surface area contributed by atoms with Gasteiger partial charge in [-0.3, -0.25) is 9.36 Å². The van der Waals surface area contributed by atoms with E-state index < -0.39 is 0 Å². The van der Waals surface area contributed by atoms with Crippen molar-refractivity contribution in [2.45, 2.75) is 47.2 Å². The highest BCUT2D eigenvalue weighted by atomic mass is 32.1. The van der Waals surface area contributed by atoms with Gasteiger partial charge in [-0.1, -0.05) is 37.6 Å². The van der Waals surface area contributed by atoms with Crippen LogP contribution in [0.4, 0.5) is 0 Å². The van der Waals surface area contributed by atoms with Crippen LogP contribution in [0.5, 0.6) is 0 Å². The Kier molecular flexibility index (Phi) is 4.71. The van der Waals surface area contributed by atoms with Gasteiger partial charge in [0.25, 0.3) is 5.56 Å². The number of fused-ring (bicyclic) bond motifs is 3. The summed E-state index contributed by atoms with van der Waals surface area (Å²) in [5.41, 5.74) is 3.68. The summed E-state index contributed by atoms with van der Waals surface area (Å²) in [7, 11) is 0. The van der Waals surface area contributed by atoms with Gasteiger partial charge in [0.2, 0.25) is 5.78 Å². The van der Waals surface area contributed by atoms with E-state index in [1.54, 1.807) is 8.97 Å². The van der Waals surface area contributed by atoms with Crippen molar-refractivity contribution in [1.82, 2.24) is 18.7 Å². The minimum absolute atomic E-state index is 0.0676. The molecule has 146 valence electrons. The Hall–Kier alpha value is -2.67. The summed E-state index contributed by atoms with van der Waals surface area (Å²) < 4.78 is 5.31. The Morgan fingerprint density at radius 1 is 1.14 bits per heavy atom. The van der Waals surface area contributed by atoms with Crippen LogP contribution < -0.4 is 11.2 Å². The van der Waals surface area contributed by atoms with Crippen LogP contribution in [0.15, 0.2) is 39.2 Å². The maximum absolute atomic E-state index is 13.2. The lowest BCUT2D eigenvalue weighted by atomic mass is 10.1. The summed E-state index contributed by atoms with van der Waals surface area (Å²) in [5.74, 6) is 0.876. The number of hydrogen-bond donors (Lipinski definition) is 0. The summed E-state index contributed by atoms with van der Waals surface area (Å²) in [5, 5.41) is 6.44. The molecule has 0 aliphatic carbocycles. The Bertz CT molecular complexity index is 1290. The highest BCUT2D eigenvalue weighted by Gasteiger charge is 2.18. The van der Waals surface area contributed by atoms with E-state index in [0.29, 0.717) is 35.0 Å². The number of aromatic nitrogens is 4. The van der Waals surface area contributed by atoms with Gasteiger partial charge in [-0.2, -0.15) is 0 Å². The molecule has 1 aromatic carbocycles. The second-order valence-electron chi connectivity index (χ2n) is 7.78. The van der Waals surface area contributed by atoms with Crippen LogP contribution in [0.2, 0.25) is 0 Å². The quantitative estimate of drug-likeness (QED) is 0.518. The number of nitrogens with zero attached hydrogens (tertiary/aromatic N) is 4. The predicted octanol–water partition coefficient (Wildman–Crippen LogP) is 3.58. The van der Waals surface area contributed by atoms with Crippen molar-refractivity contribution in [3.63, 3.8) is 0 Å². The highest BCUT2D eigenvalue weighted by molar-refractivity contribution is 7.17. The molecule has 0 fully saturated rings. The van der Waals surface area contributed by atoms with E-state index in [2.05, 4.69) is 37.1 Å². The van der Waals surface area contributed by atoms with Crippen molar-refractivity contribution < 1.29 is 0 Å². The zero-order valence-electron chi connectivity index (χ0n) is 16.6. The third-order valence-electron chi connectivity index (χ3n) is 5.14. The lowest BCUT2D eigenvalue weighted by Crippen LogP contribution is -2.26. The molecular formula is C21H24N4O2S. The molecule has 4 aromatic rings. The van der Waals surface area contributed by atoms with Crippen molar-refractivity contribution in [2.24, 2.45) is 5.92 Å². The van der Waals surface area contributed by atoms with Crippen LogP contribution in [-0.4, -0.2) is 18.7 Å². The van der Waals surface area contributed by atoms with Gasteiger partial charge in [0.15, 0.2) is 0 Å². The van der Waals surface area contributed by atoms with Gasteiger partial charge >= 0.3 is 5.69 Å². The Morgan fingerprint density at radius 2 is 1.93 bits per heavy atom. The molecule has 0 saturated heterocycles. The van der Waals surface area contributed by atoms with Crippen LogP contribution in [0.3, 0.4) is 0 Å². The molecule has 6 nitrogen and oxygen atoms in total. The topological polar surface area (TPSA) is 61.3 Å². The van der Waals surface area contributed by atoms with E-state index in [0.717, 1.165) is 23.1 Å². The monoisotopic (exact) mass is 396 g/mol. The molecule has 28 heavy (non-hydrogen) atoms. The summed E-state index contributed by atoms with van der Waals surface area (Å²) >= 11 is 1.37. The number of hydrogen-bond acceptors (Lipinski definition) is 4. The van der Waals surface area contributed by atoms with E-state index in [-0.39, 0.29) is 11.2 Å². The molecule has 0 aliphatic heterocycles. The lowest BCUT2D eigenvalue weighted by Gasteiger charge is -2.09. The maximum Gasteiger partial charge on any atom is 0.352 e. The first-order valence-electron chi connectivity index (χ1n) is 9.52. The summed E-state index contributed by atoms with van der Waals surface area (Å²) in [4.78, 5) is 26.2. The van der Waals surface area contributed by atoms with Crippen LogP contribution in [-0.2, 0) is 13.1 Å². The van der Waals surface area contributed by atoms with Crippen LogP contribution >= 0.6 is 11.3 Å². The van der Waals surface area contributed by atoms with Gasteiger partial charge in [-0.25, -0.2) is 13.9 Å². The van der Waals surface area contributed by atoms with E-state index in [4.69, 9.17) is 0 Å². The maximum atomic E-state index is 13.2. The molecule has 0 unspecified atom stereocenters. The van der Waals surface area contributed by atoms with E-state index in [1.165, 1.54) is 16.0 Å². The first-order valence-corrected chi connectivity index (χ1v) is 10.4. The van der Waals surface area contributed by atoms with Gasteiger partial charge < -0.3 is 0 Å². The Morgan fingerprint density at radius 3 is 2.68 bits per heavy atom. The van der Waals surface area contributed by atoms with Crippen LogP contribution in [0.25, 0.3) is 16.0 Å². The smallest absolute Gasteiger partial charge is 0.276 e. The van der Waals surface area contributed by atoms with Crippen LogP contribution in [0.1, 0.15) is 37.0 Å². The van der Waals surface area contributed by atoms with Crippen LogP contribution in [0, 0.1) is 19.8 Å². The zero-order valence-corrected chi connectivity index (χ0v) is 17.4. The lowest BCUT2D eigenvalue weighted by molar-refractivity contribution is 0.512. The molecule has 4 rings (SSSR count). The molecule has 0 radical (unpaired) electrons. The normalized spacial score (nSPS) is 11.9. The molecular weight excluding hydrogens is 372 g/mol. The fourth-order valence-electron chi connectivity index (χ4n) is 3.46. The van der Waals surface area contributed by atoms with Gasteiger partial charge in [0, 0.05) is 6.54 Å². The highest BCUT2D eigenvalue weighted by Crippen LogP contribution is 2.18. The SMILES string of the molecule is Cc1ccc(C)c(Cn2nc3n(CCC(C)C)c(=O)c4sccc4n3c2=O)c1. The second-order valence-corrected chi connectivity index (χ2v) is 8.70. The third kappa shape index (κ3) is 3.09. The molecule has 0 bridgehead atoms. The van der Waals surface area contributed by atoms with E-state index >= 15 is 0 Å². The second kappa shape index (κ2) is 7.05. The molecule has 3 heterocycles. The van der Waals surface area contributed by atoms with Crippen molar-refractivity contribution in [3.05, 3.63) is 67.2 Å². The molecule has 0 amide bonds. The fraction of sp³-hybridized carbons (Fsp3) is 0.381. The molecule has 0 atom stereocenters. The number of rotatable bonds is 5. The van der Waals surface area contributed by atoms with E-state index in [9.17, 15) is 9.59 Å². The first kappa shape index (κ1) is 18.7. The summed E-state index contributed by atoms with van der Waals surface area (Å²) in [6.45, 7) is 9.25. The standard InChI is InChI=1S/C21H24N4O2S/c1-13(2)7-9-23-19(26)18-17(8-10-28-18)25-20(23)22-24(21(25)27)12-16-11-14(3)5-6-15(16)4/h5-6,8,10-11,13H,7,9,12H2,1-4H3. The van der Waals surface area contributed by atoms with Gasteiger partial charge in [0.05, 0.1) is 12.1 Å². The van der Waals surface area contributed by atoms with Gasteiger partial charge in [-0.05, 0) is 48.8 Å². The van der Waals surface area contributed by atoms with Crippen molar-refractivity contribution in [1.29, 1.82) is 0 Å². The zero-order chi connectivity index (χ0) is 20.0. The molecule has 0 aliphatic rings. The Labute approximate surface area is 166 Å². The average Bonchev–Trinajstić information content (AvgIpc) is 3.23. The molecule has 3 aromatic heterocycles. The molecule has 0 N–H and O–H groups in total. The van der Waals surface area contributed by atoms with Crippen molar-refractivity contribution in [2.75, 3.05) is 0 Å². The summed E-state index contributed by atoms with van der Waals surface area (Å²) in [6, 6.07) is 8.02. The Balaban J connectivity index is 1.94. The summed E-state index contributed by atoms with van der Waals surface area (Å²) in [6.07, 6.45) is 0.852. The predicted molar refractivity (Wildman–Crippen MR) is 114 cm³/mol. The largest absolute Gasteiger partial charge is 0.352 e. The first-order chi connectivity index (χ1) is 13.4. The molecule has 0 spiro atoms. The average molecular weight is 397 g/mol. The van der Waals surface area contributed by atoms with Crippen molar-refractivity contribution in [3.8, 4) is 0 Å². The van der Waals surface area contributed by atoms with Gasteiger partial charge in [0.1, 0.15) is 4.70 Å². The fourth-order valence-corrected chi connectivity index (χ4v) is 4.28. The van der Waals surface area contributed by atoms with Crippen molar-refractivity contribution >= 4 is 27.3 Å².